The van der Waals surface area contributed by atoms with Crippen LogP contribution < -0.4 is 9.47 Å². The number of aromatic nitrogens is 1. The number of anilines is 1. The number of pyridine rings is 1. The molecule has 0 amide bonds. The number of thioether (sulfide) groups is 1. The zero-order chi connectivity index (χ0) is 22.2. The Balaban J connectivity index is 1.69. The van der Waals surface area contributed by atoms with E-state index < -0.39 is 0 Å². The number of rotatable bonds is 4. The Morgan fingerprint density at radius 3 is 2.47 bits per heavy atom. The van der Waals surface area contributed by atoms with Gasteiger partial charge in [-0.1, -0.05) is 48.2 Å². The van der Waals surface area contributed by atoms with Crippen molar-refractivity contribution in [3.8, 4) is 0 Å². The molecule has 32 heavy (non-hydrogen) atoms. The minimum atomic E-state index is -0.356. The van der Waals surface area contributed by atoms with Crippen LogP contribution in [0.3, 0.4) is 0 Å². The number of nitro benzene ring substituents is 1. The molecule has 0 saturated heterocycles. The molecule has 6 heteroatoms. The van der Waals surface area contributed by atoms with E-state index in [1.165, 1.54) is 32.1 Å². The highest BCUT2D eigenvalue weighted by Crippen LogP contribution is 2.48. The number of hydrogen-bond donors (Lipinski definition) is 0. The molecule has 158 valence electrons. The van der Waals surface area contributed by atoms with Crippen molar-refractivity contribution in [3.05, 3.63) is 111 Å². The molecule has 2 heterocycles. The second kappa shape index (κ2) is 8.13. The first-order valence-electron chi connectivity index (χ1n) is 10.4. The summed E-state index contributed by atoms with van der Waals surface area (Å²) in [4.78, 5) is 14.2. The molecule has 0 radical (unpaired) electrons. The third-order valence-corrected chi connectivity index (χ3v) is 7.17. The molecule has 1 aliphatic heterocycles. The van der Waals surface area contributed by atoms with E-state index in [4.69, 9.17) is 0 Å². The van der Waals surface area contributed by atoms with Gasteiger partial charge in [-0.2, -0.15) is 0 Å². The number of nitro groups is 1. The third kappa shape index (κ3) is 3.52. The van der Waals surface area contributed by atoms with E-state index >= 15 is 0 Å². The van der Waals surface area contributed by atoms with Crippen LogP contribution in [-0.2, 0) is 13.5 Å². The Morgan fingerprint density at radius 1 is 1.00 bits per heavy atom. The molecular weight excluding hydrogens is 418 g/mol. The fraction of sp³-hybridized carbons (Fsp3) is 0.115. The Hall–Kier alpha value is -3.64. The fourth-order valence-corrected chi connectivity index (χ4v) is 5.43. The Labute approximate surface area is 190 Å². The van der Waals surface area contributed by atoms with Gasteiger partial charge in [0.2, 0.25) is 5.52 Å². The van der Waals surface area contributed by atoms with Gasteiger partial charge < -0.3 is 4.90 Å². The van der Waals surface area contributed by atoms with Crippen molar-refractivity contribution >= 4 is 39.6 Å². The first-order valence-corrected chi connectivity index (χ1v) is 11.2. The molecule has 0 N–H and O–H groups in total. The lowest BCUT2D eigenvalue weighted by atomic mass is 9.95. The van der Waals surface area contributed by atoms with Crippen LogP contribution in [0.15, 0.2) is 95.0 Å². The van der Waals surface area contributed by atoms with Crippen molar-refractivity contribution in [2.45, 2.75) is 11.3 Å². The smallest absolute Gasteiger partial charge is 0.269 e. The molecule has 0 saturated carbocycles. The SMILES string of the molecule is CN1/C(=C(\Cc2ccc([N+](=O)[O-])cc2)c2cc[n+](C)c3ccccc23)Sc2ccccc21. The van der Waals surface area contributed by atoms with E-state index in [0.717, 1.165) is 11.1 Å². The zero-order valence-corrected chi connectivity index (χ0v) is 18.7. The van der Waals surface area contributed by atoms with Gasteiger partial charge in [-0.25, -0.2) is 4.57 Å². The first-order chi connectivity index (χ1) is 15.5. The summed E-state index contributed by atoms with van der Waals surface area (Å²) in [5.41, 5.74) is 5.90. The lowest BCUT2D eigenvalue weighted by Crippen LogP contribution is -2.28. The minimum absolute atomic E-state index is 0.111. The standard InChI is InChI=1S/C26H22N3O2S/c1-27-16-15-20(21-7-3-4-8-23(21)27)22(17-18-11-13-19(14-12-18)29(30)31)26-28(2)24-9-5-6-10-25(24)32-26/h3-16H,17H2,1-2H3/q+1. The number of non-ortho nitro benzene ring substituents is 1. The molecule has 0 aliphatic carbocycles. The van der Waals surface area contributed by atoms with E-state index in [2.05, 4.69) is 84.4 Å². The van der Waals surface area contributed by atoms with Crippen LogP contribution in [0.4, 0.5) is 11.4 Å². The van der Waals surface area contributed by atoms with Gasteiger partial charge in [-0.3, -0.25) is 10.1 Å². The topological polar surface area (TPSA) is 50.3 Å². The molecule has 0 fully saturated rings. The van der Waals surface area contributed by atoms with Crippen LogP contribution in [0.2, 0.25) is 0 Å². The normalized spacial score (nSPS) is 14.5. The highest BCUT2D eigenvalue weighted by atomic mass is 32.2. The van der Waals surface area contributed by atoms with Crippen molar-refractivity contribution in [1.29, 1.82) is 0 Å². The van der Waals surface area contributed by atoms with Crippen molar-refractivity contribution in [1.82, 2.24) is 0 Å². The molecule has 0 bridgehead atoms. The number of aryl methyl sites for hydroxylation is 1. The van der Waals surface area contributed by atoms with Crippen LogP contribution in [0, 0.1) is 10.1 Å². The van der Waals surface area contributed by atoms with Gasteiger partial charge in [0, 0.05) is 48.2 Å². The second-order valence-electron chi connectivity index (χ2n) is 7.87. The van der Waals surface area contributed by atoms with Crippen LogP contribution in [-0.4, -0.2) is 12.0 Å². The van der Waals surface area contributed by atoms with Crippen LogP contribution >= 0.6 is 11.8 Å². The van der Waals surface area contributed by atoms with Crippen molar-refractivity contribution in [2.75, 3.05) is 11.9 Å². The van der Waals surface area contributed by atoms with Crippen LogP contribution in [0.25, 0.3) is 16.5 Å². The Kier molecular flexibility index (Phi) is 5.15. The number of hydrogen-bond acceptors (Lipinski definition) is 4. The lowest BCUT2D eigenvalue weighted by Gasteiger charge is -2.20. The molecule has 4 aromatic rings. The van der Waals surface area contributed by atoms with E-state index in [-0.39, 0.29) is 10.6 Å². The maximum atomic E-state index is 11.1. The van der Waals surface area contributed by atoms with Crippen LogP contribution in [0.5, 0.6) is 0 Å². The molecule has 5 rings (SSSR count). The predicted octanol–water partition coefficient (Wildman–Crippen LogP) is 5.73. The maximum Gasteiger partial charge on any atom is 0.269 e. The van der Waals surface area contributed by atoms with Gasteiger partial charge in [0.05, 0.1) is 21.0 Å². The number of para-hydroxylation sites is 2. The molecule has 0 unspecified atom stereocenters. The molecule has 0 atom stereocenters. The molecular formula is C26H22N3O2S+. The molecule has 1 aromatic heterocycles. The van der Waals surface area contributed by atoms with Gasteiger partial charge >= 0.3 is 0 Å². The largest absolute Gasteiger partial charge is 0.338 e. The number of allylic oxidation sites excluding steroid dienone is 1. The van der Waals surface area contributed by atoms with Gasteiger partial charge in [0.15, 0.2) is 6.20 Å². The van der Waals surface area contributed by atoms with Gasteiger partial charge in [0.25, 0.3) is 5.69 Å². The minimum Gasteiger partial charge on any atom is -0.338 e. The Morgan fingerprint density at radius 2 is 1.72 bits per heavy atom. The summed E-state index contributed by atoms with van der Waals surface area (Å²) in [7, 11) is 4.16. The van der Waals surface area contributed by atoms with Gasteiger partial charge in [0.1, 0.15) is 7.05 Å². The fourth-order valence-electron chi connectivity index (χ4n) is 4.22. The number of benzene rings is 3. The molecule has 0 spiro atoms. The molecule has 5 nitrogen and oxygen atoms in total. The Bertz CT molecular complexity index is 1380. The highest BCUT2D eigenvalue weighted by molar-refractivity contribution is 8.04. The highest BCUT2D eigenvalue weighted by Gasteiger charge is 2.27. The van der Waals surface area contributed by atoms with Gasteiger partial charge in [-0.05, 0) is 29.3 Å². The van der Waals surface area contributed by atoms with E-state index in [1.807, 2.05) is 12.1 Å². The van der Waals surface area contributed by atoms with E-state index in [1.54, 1.807) is 23.9 Å². The first kappa shape index (κ1) is 20.3. The summed E-state index contributed by atoms with van der Waals surface area (Å²) in [6, 6.07) is 25.9. The summed E-state index contributed by atoms with van der Waals surface area (Å²) in [5, 5.41) is 13.5. The zero-order valence-electron chi connectivity index (χ0n) is 17.9. The predicted molar refractivity (Wildman–Crippen MR) is 130 cm³/mol. The quantitative estimate of drug-likeness (QED) is 0.231. The van der Waals surface area contributed by atoms with Gasteiger partial charge in [-0.15, -0.1) is 0 Å². The number of nitrogens with zero attached hydrogens (tertiary/aromatic N) is 3. The summed E-state index contributed by atoms with van der Waals surface area (Å²) >= 11 is 1.78. The summed E-state index contributed by atoms with van der Waals surface area (Å²) < 4.78 is 2.13. The second-order valence-corrected chi connectivity index (χ2v) is 8.90. The summed E-state index contributed by atoms with van der Waals surface area (Å²) in [5.74, 6) is 0. The van der Waals surface area contributed by atoms with Crippen LogP contribution in [0.1, 0.15) is 11.1 Å². The van der Waals surface area contributed by atoms with E-state index in [0.29, 0.717) is 6.42 Å². The summed E-state index contributed by atoms with van der Waals surface area (Å²) in [6.07, 6.45) is 2.78. The van der Waals surface area contributed by atoms with E-state index in [9.17, 15) is 10.1 Å². The van der Waals surface area contributed by atoms with Crippen molar-refractivity contribution < 1.29 is 9.49 Å². The molecule has 1 aliphatic rings. The summed E-state index contributed by atoms with van der Waals surface area (Å²) in [6.45, 7) is 0. The van der Waals surface area contributed by atoms with Crippen molar-refractivity contribution in [2.24, 2.45) is 7.05 Å². The average Bonchev–Trinajstić information content (AvgIpc) is 3.15. The lowest BCUT2D eigenvalue weighted by molar-refractivity contribution is -0.644. The van der Waals surface area contributed by atoms with Crippen molar-refractivity contribution in [3.63, 3.8) is 0 Å². The number of fused-ring (bicyclic) bond motifs is 2. The maximum absolute atomic E-state index is 11.1. The molecule has 3 aromatic carbocycles. The third-order valence-electron chi connectivity index (χ3n) is 5.89. The monoisotopic (exact) mass is 440 g/mol. The average molecular weight is 441 g/mol.